The molecule has 1 aromatic rings. The minimum atomic E-state index is -0.858. The van der Waals surface area contributed by atoms with E-state index in [4.69, 9.17) is 5.11 Å². The molecule has 1 saturated heterocycles. The fraction of sp³-hybridized carbons (Fsp3) is 0.500. The third-order valence-corrected chi connectivity index (χ3v) is 4.23. The van der Waals surface area contributed by atoms with Crippen LogP contribution in [0, 0.1) is 5.92 Å². The van der Waals surface area contributed by atoms with Gasteiger partial charge in [0.05, 0.1) is 5.92 Å². The number of rotatable bonds is 6. The minimum Gasteiger partial charge on any atom is -0.481 e. The summed E-state index contributed by atoms with van der Waals surface area (Å²) < 4.78 is 0. The molecule has 136 valence electrons. The number of hydrogen-bond donors (Lipinski definition) is 3. The van der Waals surface area contributed by atoms with Gasteiger partial charge in [-0.3, -0.25) is 9.59 Å². The number of carbonyl (C=O) groups is 3. The van der Waals surface area contributed by atoms with Crippen LogP contribution in [0.5, 0.6) is 0 Å². The van der Waals surface area contributed by atoms with Crippen molar-refractivity contribution in [1.29, 1.82) is 0 Å². The molecule has 0 bridgehead atoms. The number of urea groups is 1. The molecule has 0 spiro atoms. The van der Waals surface area contributed by atoms with Crippen LogP contribution in [0.4, 0.5) is 4.79 Å². The summed E-state index contributed by atoms with van der Waals surface area (Å²) in [5.74, 6) is -1.48. The molecular weight excluding hydrogens is 322 g/mol. The summed E-state index contributed by atoms with van der Waals surface area (Å²) in [5.41, 5.74) is 1.38. The predicted molar refractivity (Wildman–Crippen MR) is 93.2 cm³/mol. The second kappa shape index (κ2) is 9.05. The van der Waals surface area contributed by atoms with E-state index < -0.39 is 11.9 Å². The third-order valence-electron chi connectivity index (χ3n) is 4.23. The number of hydrogen-bond acceptors (Lipinski definition) is 3. The van der Waals surface area contributed by atoms with Crippen molar-refractivity contribution < 1.29 is 19.5 Å². The number of carboxylic acids is 1. The van der Waals surface area contributed by atoms with Gasteiger partial charge in [-0.1, -0.05) is 19.1 Å². The Morgan fingerprint density at radius 3 is 2.80 bits per heavy atom. The fourth-order valence-corrected chi connectivity index (χ4v) is 2.82. The first kappa shape index (κ1) is 18.8. The lowest BCUT2D eigenvalue weighted by molar-refractivity contribution is -0.143. The van der Waals surface area contributed by atoms with Gasteiger partial charge in [-0.05, 0) is 37.0 Å². The number of likely N-dealkylation sites (tertiary alicyclic amines) is 1. The fourth-order valence-electron chi connectivity index (χ4n) is 2.82. The van der Waals surface area contributed by atoms with Crippen LogP contribution in [0.1, 0.15) is 42.1 Å². The van der Waals surface area contributed by atoms with Gasteiger partial charge in [-0.25, -0.2) is 4.79 Å². The Hall–Kier alpha value is -2.57. The van der Waals surface area contributed by atoms with E-state index in [1.807, 2.05) is 13.0 Å². The molecule has 0 radical (unpaired) electrons. The molecule has 2 rings (SSSR count). The minimum absolute atomic E-state index is 0.129. The van der Waals surface area contributed by atoms with Crippen LogP contribution in [0.15, 0.2) is 24.3 Å². The highest BCUT2D eigenvalue weighted by molar-refractivity contribution is 5.94. The first-order chi connectivity index (χ1) is 12.0. The second-order valence-corrected chi connectivity index (χ2v) is 6.24. The van der Waals surface area contributed by atoms with Gasteiger partial charge in [0.15, 0.2) is 0 Å². The molecule has 1 aromatic carbocycles. The Labute approximate surface area is 147 Å². The molecule has 7 heteroatoms. The lowest BCUT2D eigenvalue weighted by Crippen LogP contribution is -2.46. The van der Waals surface area contributed by atoms with Gasteiger partial charge in [0.1, 0.15) is 0 Å². The summed E-state index contributed by atoms with van der Waals surface area (Å²) in [7, 11) is 0. The molecule has 0 saturated carbocycles. The summed E-state index contributed by atoms with van der Waals surface area (Å²) in [6, 6.07) is 6.84. The average molecular weight is 347 g/mol. The zero-order valence-electron chi connectivity index (χ0n) is 14.5. The molecule has 7 nitrogen and oxygen atoms in total. The highest BCUT2D eigenvalue weighted by atomic mass is 16.4. The number of carbonyl (C=O) groups excluding carboxylic acids is 2. The second-order valence-electron chi connectivity index (χ2n) is 6.24. The molecule has 25 heavy (non-hydrogen) atoms. The topological polar surface area (TPSA) is 98.7 Å². The van der Waals surface area contributed by atoms with Crippen molar-refractivity contribution in [2.75, 3.05) is 19.6 Å². The molecule has 1 fully saturated rings. The van der Waals surface area contributed by atoms with Crippen LogP contribution in [-0.2, 0) is 11.3 Å². The zero-order valence-corrected chi connectivity index (χ0v) is 14.5. The molecule has 0 aliphatic carbocycles. The molecule has 1 heterocycles. The van der Waals surface area contributed by atoms with Gasteiger partial charge in [0.25, 0.3) is 5.91 Å². The normalized spacial score (nSPS) is 17.0. The summed E-state index contributed by atoms with van der Waals surface area (Å²) >= 11 is 0. The molecule has 0 aromatic heterocycles. The summed E-state index contributed by atoms with van der Waals surface area (Å²) in [6.45, 7) is 3.71. The maximum absolute atomic E-state index is 12.2. The van der Waals surface area contributed by atoms with Crippen LogP contribution < -0.4 is 10.6 Å². The van der Waals surface area contributed by atoms with E-state index in [0.717, 1.165) is 12.0 Å². The SMILES string of the molecule is CCCNC(=O)c1cccc(CNC(=O)N2CCCC(C(=O)O)C2)c1. The number of nitrogens with zero attached hydrogens (tertiary/aromatic N) is 1. The van der Waals surface area contributed by atoms with Gasteiger partial charge in [-0.2, -0.15) is 0 Å². The Morgan fingerprint density at radius 2 is 2.08 bits per heavy atom. The number of benzene rings is 1. The Morgan fingerprint density at radius 1 is 1.28 bits per heavy atom. The third kappa shape index (κ3) is 5.48. The molecule has 1 aliphatic heterocycles. The van der Waals surface area contributed by atoms with E-state index in [-0.39, 0.29) is 18.5 Å². The van der Waals surface area contributed by atoms with Crippen molar-refractivity contribution in [2.45, 2.75) is 32.7 Å². The maximum atomic E-state index is 12.2. The van der Waals surface area contributed by atoms with Crippen LogP contribution in [-0.4, -0.2) is 47.5 Å². The monoisotopic (exact) mass is 347 g/mol. The molecule has 1 atom stereocenters. The van der Waals surface area contributed by atoms with Crippen LogP contribution in [0.3, 0.4) is 0 Å². The smallest absolute Gasteiger partial charge is 0.317 e. The molecule has 1 unspecified atom stereocenters. The first-order valence-electron chi connectivity index (χ1n) is 8.64. The summed E-state index contributed by atoms with van der Waals surface area (Å²) in [4.78, 5) is 36.8. The zero-order chi connectivity index (χ0) is 18.2. The van der Waals surface area contributed by atoms with Gasteiger partial charge in [-0.15, -0.1) is 0 Å². The van der Waals surface area contributed by atoms with Crippen molar-refractivity contribution in [2.24, 2.45) is 5.92 Å². The van der Waals surface area contributed by atoms with E-state index in [1.165, 1.54) is 0 Å². The first-order valence-corrected chi connectivity index (χ1v) is 8.64. The van der Waals surface area contributed by atoms with E-state index in [2.05, 4.69) is 10.6 Å². The maximum Gasteiger partial charge on any atom is 0.317 e. The van der Waals surface area contributed by atoms with Crippen molar-refractivity contribution >= 4 is 17.9 Å². The number of piperidine rings is 1. The van der Waals surface area contributed by atoms with Gasteiger partial charge in [0.2, 0.25) is 0 Å². The van der Waals surface area contributed by atoms with Crippen molar-refractivity contribution in [3.8, 4) is 0 Å². The highest BCUT2D eigenvalue weighted by Crippen LogP contribution is 2.16. The van der Waals surface area contributed by atoms with Gasteiger partial charge in [0, 0.05) is 31.7 Å². The Kier molecular flexibility index (Phi) is 6.80. The van der Waals surface area contributed by atoms with Crippen LogP contribution >= 0.6 is 0 Å². The van der Waals surface area contributed by atoms with Gasteiger partial charge >= 0.3 is 12.0 Å². The standard InChI is InChI=1S/C18H25N3O4/c1-2-8-19-16(22)14-6-3-5-13(10-14)11-20-18(25)21-9-4-7-15(12-21)17(23)24/h3,5-6,10,15H,2,4,7-9,11-12H2,1H3,(H,19,22)(H,20,25)(H,23,24). The van der Waals surface area contributed by atoms with Crippen molar-refractivity contribution in [3.63, 3.8) is 0 Å². The van der Waals surface area contributed by atoms with E-state index in [9.17, 15) is 14.4 Å². The number of nitrogens with one attached hydrogen (secondary N) is 2. The quantitative estimate of drug-likeness (QED) is 0.731. The van der Waals surface area contributed by atoms with Crippen LogP contribution in [0.2, 0.25) is 0 Å². The Bertz CT molecular complexity index is 633. The van der Waals surface area contributed by atoms with Gasteiger partial charge < -0.3 is 20.6 Å². The predicted octanol–water partition coefficient (Wildman–Crippen LogP) is 1.83. The average Bonchev–Trinajstić information content (AvgIpc) is 2.64. The van der Waals surface area contributed by atoms with E-state index in [0.29, 0.717) is 38.0 Å². The molecule has 3 N–H and O–H groups in total. The van der Waals surface area contributed by atoms with Crippen LogP contribution in [0.25, 0.3) is 0 Å². The lowest BCUT2D eigenvalue weighted by atomic mass is 9.99. The number of amides is 3. The van der Waals surface area contributed by atoms with E-state index in [1.54, 1.807) is 23.1 Å². The molecule has 3 amide bonds. The lowest BCUT2D eigenvalue weighted by Gasteiger charge is -2.30. The number of carboxylic acid groups (broad SMARTS) is 1. The number of aliphatic carboxylic acids is 1. The van der Waals surface area contributed by atoms with Crippen molar-refractivity contribution in [3.05, 3.63) is 35.4 Å². The van der Waals surface area contributed by atoms with E-state index >= 15 is 0 Å². The molecule has 1 aliphatic rings. The summed E-state index contributed by atoms with van der Waals surface area (Å²) in [6.07, 6.45) is 2.17. The summed E-state index contributed by atoms with van der Waals surface area (Å²) in [5, 5.41) is 14.7. The van der Waals surface area contributed by atoms with Crippen molar-refractivity contribution in [1.82, 2.24) is 15.5 Å². The molecular formula is C18H25N3O4. The highest BCUT2D eigenvalue weighted by Gasteiger charge is 2.27. The Balaban J connectivity index is 1.89. The largest absolute Gasteiger partial charge is 0.481 e.